The summed E-state index contributed by atoms with van der Waals surface area (Å²) in [5.41, 5.74) is 3.53. The third kappa shape index (κ3) is 6.78. The van der Waals surface area contributed by atoms with Gasteiger partial charge < -0.3 is 25.4 Å². The summed E-state index contributed by atoms with van der Waals surface area (Å²) in [4.78, 5) is 45.8. The SMILES string of the molecule is CC(C)(C)OC(=O)NCCCOc1cc(C(=O)Nc2ccc3cccnc3n2)ccc1-c1ccc2c(c1)CNC2=O. The Kier molecular flexibility index (Phi) is 7.82. The number of carbonyl (C=O) groups excluding carboxylic acids is 3. The van der Waals surface area contributed by atoms with Crippen molar-refractivity contribution >= 4 is 34.8 Å². The number of nitrogens with one attached hydrogen (secondary N) is 3. The number of hydrogen-bond acceptors (Lipinski definition) is 7. The Labute approximate surface area is 237 Å². The van der Waals surface area contributed by atoms with E-state index in [0.717, 1.165) is 22.1 Å². The van der Waals surface area contributed by atoms with Crippen molar-refractivity contribution in [3.63, 3.8) is 0 Å². The predicted molar refractivity (Wildman–Crippen MR) is 155 cm³/mol. The van der Waals surface area contributed by atoms with Gasteiger partial charge in [-0.25, -0.2) is 14.8 Å². The zero-order valence-electron chi connectivity index (χ0n) is 23.1. The van der Waals surface area contributed by atoms with Crippen LogP contribution < -0.4 is 20.7 Å². The number of rotatable bonds is 8. The van der Waals surface area contributed by atoms with Crippen molar-refractivity contribution < 1.29 is 23.9 Å². The molecule has 41 heavy (non-hydrogen) atoms. The van der Waals surface area contributed by atoms with E-state index < -0.39 is 11.7 Å². The number of aromatic nitrogens is 2. The molecule has 210 valence electrons. The van der Waals surface area contributed by atoms with E-state index in [9.17, 15) is 14.4 Å². The van der Waals surface area contributed by atoms with Gasteiger partial charge in [0.2, 0.25) is 0 Å². The first-order chi connectivity index (χ1) is 19.7. The molecule has 5 rings (SSSR count). The molecular formula is C31H31N5O5. The summed E-state index contributed by atoms with van der Waals surface area (Å²) in [6, 6.07) is 18.1. The number of ether oxygens (including phenoxy) is 2. The van der Waals surface area contributed by atoms with Crippen LogP contribution in [0.3, 0.4) is 0 Å². The molecule has 2 aromatic heterocycles. The second-order valence-corrected chi connectivity index (χ2v) is 10.6. The maximum absolute atomic E-state index is 13.2. The monoisotopic (exact) mass is 553 g/mol. The average Bonchev–Trinajstić information content (AvgIpc) is 3.31. The van der Waals surface area contributed by atoms with Gasteiger partial charge in [-0.2, -0.15) is 0 Å². The second kappa shape index (κ2) is 11.6. The molecule has 0 radical (unpaired) electrons. The van der Waals surface area contributed by atoms with Gasteiger partial charge in [0, 0.05) is 41.4 Å². The fraction of sp³-hybridized carbons (Fsp3) is 0.258. The molecule has 1 aliphatic heterocycles. The highest BCUT2D eigenvalue weighted by Crippen LogP contribution is 2.33. The molecule has 3 N–H and O–H groups in total. The van der Waals surface area contributed by atoms with Gasteiger partial charge in [0.15, 0.2) is 5.65 Å². The van der Waals surface area contributed by atoms with Crippen LogP contribution in [0.1, 0.15) is 53.5 Å². The topological polar surface area (TPSA) is 132 Å². The highest BCUT2D eigenvalue weighted by molar-refractivity contribution is 6.05. The third-order valence-electron chi connectivity index (χ3n) is 6.30. The number of fused-ring (bicyclic) bond motifs is 2. The minimum Gasteiger partial charge on any atom is -0.493 e. The van der Waals surface area contributed by atoms with E-state index in [1.165, 1.54) is 0 Å². The number of nitrogens with zero attached hydrogens (tertiary/aromatic N) is 2. The fourth-order valence-corrected chi connectivity index (χ4v) is 4.39. The summed E-state index contributed by atoms with van der Waals surface area (Å²) >= 11 is 0. The Morgan fingerprint density at radius 1 is 1.02 bits per heavy atom. The molecule has 0 atom stereocenters. The van der Waals surface area contributed by atoms with Gasteiger partial charge >= 0.3 is 6.09 Å². The van der Waals surface area contributed by atoms with Gasteiger partial charge in [0.05, 0.1) is 6.61 Å². The molecule has 0 unspecified atom stereocenters. The lowest BCUT2D eigenvalue weighted by atomic mass is 9.98. The van der Waals surface area contributed by atoms with Crippen molar-refractivity contribution in [3.8, 4) is 16.9 Å². The molecule has 3 heterocycles. The number of pyridine rings is 2. The third-order valence-corrected chi connectivity index (χ3v) is 6.30. The van der Waals surface area contributed by atoms with Gasteiger partial charge in [-0.05, 0) is 92.9 Å². The van der Waals surface area contributed by atoms with E-state index >= 15 is 0 Å². The van der Waals surface area contributed by atoms with Crippen LogP contribution in [0.2, 0.25) is 0 Å². The lowest BCUT2D eigenvalue weighted by Gasteiger charge is -2.19. The van der Waals surface area contributed by atoms with Crippen molar-refractivity contribution in [2.24, 2.45) is 0 Å². The van der Waals surface area contributed by atoms with Crippen molar-refractivity contribution in [2.45, 2.75) is 39.3 Å². The van der Waals surface area contributed by atoms with Gasteiger partial charge in [-0.3, -0.25) is 9.59 Å². The van der Waals surface area contributed by atoms with E-state index in [1.54, 1.807) is 51.2 Å². The van der Waals surface area contributed by atoms with Gasteiger partial charge in [-0.1, -0.05) is 6.07 Å². The average molecular weight is 554 g/mol. The first kappa shape index (κ1) is 27.6. The van der Waals surface area contributed by atoms with Crippen LogP contribution >= 0.6 is 0 Å². The number of anilines is 1. The van der Waals surface area contributed by atoms with E-state index in [4.69, 9.17) is 9.47 Å². The molecule has 2 aromatic carbocycles. The van der Waals surface area contributed by atoms with E-state index in [1.807, 2.05) is 36.4 Å². The van der Waals surface area contributed by atoms with Crippen molar-refractivity contribution in [3.05, 3.63) is 83.6 Å². The first-order valence-electron chi connectivity index (χ1n) is 13.3. The molecule has 10 nitrogen and oxygen atoms in total. The zero-order valence-corrected chi connectivity index (χ0v) is 23.1. The summed E-state index contributed by atoms with van der Waals surface area (Å²) < 4.78 is 11.4. The molecule has 4 aromatic rings. The molecule has 3 amide bonds. The lowest BCUT2D eigenvalue weighted by molar-refractivity contribution is 0.0525. The normalized spacial score (nSPS) is 12.4. The summed E-state index contributed by atoms with van der Waals surface area (Å²) in [5.74, 6) is 0.446. The summed E-state index contributed by atoms with van der Waals surface area (Å²) in [6.45, 7) is 6.52. The number of amides is 3. The highest BCUT2D eigenvalue weighted by Gasteiger charge is 2.21. The molecule has 0 saturated heterocycles. The van der Waals surface area contributed by atoms with Crippen LogP contribution in [0, 0.1) is 0 Å². The van der Waals surface area contributed by atoms with Gasteiger partial charge in [0.1, 0.15) is 17.2 Å². The quantitative estimate of drug-likeness (QED) is 0.259. The summed E-state index contributed by atoms with van der Waals surface area (Å²) in [7, 11) is 0. The lowest BCUT2D eigenvalue weighted by Crippen LogP contribution is -2.33. The molecule has 1 aliphatic rings. The molecule has 10 heteroatoms. The zero-order chi connectivity index (χ0) is 29.0. The van der Waals surface area contributed by atoms with E-state index in [2.05, 4.69) is 25.9 Å². The molecule has 0 aliphatic carbocycles. The molecule has 0 bridgehead atoms. The maximum Gasteiger partial charge on any atom is 0.407 e. The Hall–Kier alpha value is -4.99. The first-order valence-corrected chi connectivity index (χ1v) is 13.3. The number of alkyl carbamates (subject to hydrolysis) is 1. The number of hydrogen-bond donors (Lipinski definition) is 3. The van der Waals surface area contributed by atoms with Crippen molar-refractivity contribution in [1.82, 2.24) is 20.6 Å². The molecular weight excluding hydrogens is 522 g/mol. The predicted octanol–water partition coefficient (Wildman–Crippen LogP) is 5.09. The Morgan fingerprint density at radius 2 is 1.85 bits per heavy atom. The van der Waals surface area contributed by atoms with Crippen LogP contribution in [0.25, 0.3) is 22.2 Å². The van der Waals surface area contributed by atoms with Crippen molar-refractivity contribution in [2.75, 3.05) is 18.5 Å². The van der Waals surface area contributed by atoms with Crippen LogP contribution in [0.4, 0.5) is 10.6 Å². The maximum atomic E-state index is 13.2. The van der Waals surface area contributed by atoms with Crippen LogP contribution in [0.5, 0.6) is 5.75 Å². The Bertz CT molecular complexity index is 1630. The van der Waals surface area contributed by atoms with Crippen LogP contribution in [0.15, 0.2) is 66.9 Å². The second-order valence-electron chi connectivity index (χ2n) is 10.6. The Balaban J connectivity index is 1.33. The molecule has 0 fully saturated rings. The summed E-state index contributed by atoms with van der Waals surface area (Å²) in [6.07, 6.45) is 1.68. The summed E-state index contributed by atoms with van der Waals surface area (Å²) in [5, 5.41) is 9.25. The number of carbonyl (C=O) groups is 3. The standard InChI is InChI=1S/C31H31N5O5/c1-31(2,3)41-30(39)33-14-5-15-40-25-17-21(28(37)36-26-12-9-19-6-4-13-32-27(19)35-26)8-10-23(25)20-7-11-24-22(16-20)18-34-29(24)38/h4,6-13,16-17H,5,14-15,18H2,1-3H3,(H,33,39)(H,34,38)(H,32,35,36,37). The number of benzene rings is 2. The van der Waals surface area contributed by atoms with Gasteiger partial charge in [-0.15, -0.1) is 0 Å². The van der Waals surface area contributed by atoms with E-state index in [0.29, 0.717) is 47.9 Å². The van der Waals surface area contributed by atoms with Crippen LogP contribution in [-0.2, 0) is 11.3 Å². The highest BCUT2D eigenvalue weighted by atomic mass is 16.6. The largest absolute Gasteiger partial charge is 0.493 e. The minimum atomic E-state index is -0.578. The minimum absolute atomic E-state index is 0.0926. The smallest absolute Gasteiger partial charge is 0.407 e. The van der Waals surface area contributed by atoms with Crippen molar-refractivity contribution in [1.29, 1.82) is 0 Å². The fourth-order valence-electron chi connectivity index (χ4n) is 4.39. The Morgan fingerprint density at radius 3 is 2.68 bits per heavy atom. The van der Waals surface area contributed by atoms with Crippen LogP contribution in [-0.4, -0.2) is 46.6 Å². The molecule has 0 saturated carbocycles. The molecule has 0 spiro atoms. The van der Waals surface area contributed by atoms with E-state index in [-0.39, 0.29) is 18.4 Å². The van der Waals surface area contributed by atoms with Gasteiger partial charge in [0.25, 0.3) is 11.8 Å².